The highest BCUT2D eigenvalue weighted by Gasteiger charge is 2.58. The molecule has 1 aromatic rings. The zero-order chi connectivity index (χ0) is 12.8. The molecule has 0 unspecified atom stereocenters. The Hall–Kier alpha value is -0.890. The van der Waals surface area contributed by atoms with Crippen LogP contribution in [0.2, 0.25) is 0 Å². The van der Waals surface area contributed by atoms with Gasteiger partial charge < -0.3 is 5.32 Å². The Balaban J connectivity index is 1.73. The van der Waals surface area contributed by atoms with Crippen molar-refractivity contribution >= 4 is 0 Å². The molecule has 0 aliphatic heterocycles. The molecule has 2 saturated carbocycles. The Labute approximate surface area is 110 Å². The summed E-state index contributed by atoms with van der Waals surface area (Å²) in [7, 11) is 0. The highest BCUT2D eigenvalue weighted by molar-refractivity contribution is 5.13. The van der Waals surface area contributed by atoms with E-state index in [9.17, 15) is 0 Å². The highest BCUT2D eigenvalue weighted by atomic mass is 15.0. The summed E-state index contributed by atoms with van der Waals surface area (Å²) >= 11 is 0. The van der Waals surface area contributed by atoms with E-state index in [4.69, 9.17) is 0 Å². The van der Waals surface area contributed by atoms with E-state index in [-0.39, 0.29) is 0 Å². The first-order valence-electron chi connectivity index (χ1n) is 7.16. The van der Waals surface area contributed by atoms with Crippen LogP contribution in [0.1, 0.15) is 45.7 Å². The van der Waals surface area contributed by atoms with Crippen LogP contribution in [0.15, 0.2) is 24.4 Å². The number of nitrogens with one attached hydrogen (secondary N) is 1. The molecule has 2 fully saturated rings. The molecule has 1 aromatic heterocycles. The van der Waals surface area contributed by atoms with Gasteiger partial charge >= 0.3 is 0 Å². The predicted octanol–water partition coefficient (Wildman–Crippen LogP) is 3.39. The molecule has 0 aromatic carbocycles. The zero-order valence-electron chi connectivity index (χ0n) is 11.7. The molecule has 2 aliphatic rings. The van der Waals surface area contributed by atoms with Crippen LogP contribution in [0.5, 0.6) is 0 Å². The van der Waals surface area contributed by atoms with E-state index in [0.717, 1.165) is 18.2 Å². The number of hydrogen-bond acceptors (Lipinski definition) is 2. The maximum atomic E-state index is 4.41. The van der Waals surface area contributed by atoms with Crippen LogP contribution in [0.4, 0.5) is 0 Å². The van der Waals surface area contributed by atoms with Crippen LogP contribution in [0.25, 0.3) is 0 Å². The van der Waals surface area contributed by atoms with E-state index in [1.165, 1.54) is 19.3 Å². The minimum Gasteiger partial charge on any atom is -0.307 e. The van der Waals surface area contributed by atoms with Gasteiger partial charge in [0, 0.05) is 18.8 Å². The Morgan fingerprint density at radius 2 is 2.17 bits per heavy atom. The minimum absolute atomic E-state index is 0.432. The van der Waals surface area contributed by atoms with Gasteiger partial charge in [0.15, 0.2) is 0 Å². The molecule has 2 nitrogen and oxygen atoms in total. The van der Waals surface area contributed by atoms with Gasteiger partial charge in [0.1, 0.15) is 0 Å². The highest BCUT2D eigenvalue weighted by Crippen LogP contribution is 2.62. The Morgan fingerprint density at radius 1 is 1.33 bits per heavy atom. The normalized spacial score (nSPS) is 37.1. The van der Waals surface area contributed by atoms with Gasteiger partial charge in [-0.1, -0.05) is 26.8 Å². The monoisotopic (exact) mass is 244 g/mol. The molecule has 3 rings (SSSR count). The summed E-state index contributed by atoms with van der Waals surface area (Å²) in [6, 6.07) is 6.78. The molecule has 0 saturated heterocycles. The van der Waals surface area contributed by atoms with Crippen molar-refractivity contribution in [1.82, 2.24) is 10.3 Å². The molecule has 1 N–H and O–H groups in total. The lowest BCUT2D eigenvalue weighted by Crippen LogP contribution is -2.50. The van der Waals surface area contributed by atoms with Crippen molar-refractivity contribution in [2.75, 3.05) is 0 Å². The zero-order valence-corrected chi connectivity index (χ0v) is 11.7. The number of aromatic nitrogens is 1. The van der Waals surface area contributed by atoms with E-state index in [2.05, 4.69) is 43.2 Å². The molecular formula is C16H24N2. The van der Waals surface area contributed by atoms with Gasteiger partial charge in [-0.2, -0.15) is 0 Å². The summed E-state index contributed by atoms with van der Waals surface area (Å²) in [5.74, 6) is 0.906. The molecule has 0 radical (unpaired) electrons. The second-order valence-corrected chi connectivity index (χ2v) is 7.05. The average Bonchev–Trinajstić information content (AvgIpc) is 2.81. The Morgan fingerprint density at radius 3 is 2.78 bits per heavy atom. The standard InChI is InChI=1S/C16H24N2/c1-15(2)12-7-8-16(3,10-12)14(15)18-11-13-6-4-5-9-17-13/h4-6,9,12,14,18H,7-8,10-11H2,1-3H3/t12-,14-,16+/m0/s1. The van der Waals surface area contributed by atoms with Crippen LogP contribution in [-0.2, 0) is 6.54 Å². The summed E-state index contributed by atoms with van der Waals surface area (Å²) in [6.07, 6.45) is 6.09. The van der Waals surface area contributed by atoms with E-state index in [0.29, 0.717) is 16.9 Å². The Kier molecular flexibility index (Phi) is 2.74. The SMILES string of the molecule is CC1(C)[C@H]2CC[C@](C)(C2)[C@H]1NCc1ccccn1. The molecule has 0 amide bonds. The van der Waals surface area contributed by atoms with Crippen molar-refractivity contribution in [3.63, 3.8) is 0 Å². The minimum atomic E-state index is 0.432. The maximum Gasteiger partial charge on any atom is 0.0541 e. The van der Waals surface area contributed by atoms with E-state index in [1.807, 2.05) is 12.3 Å². The summed E-state index contributed by atoms with van der Waals surface area (Å²) in [5.41, 5.74) is 2.09. The summed E-state index contributed by atoms with van der Waals surface area (Å²) in [5, 5.41) is 3.80. The van der Waals surface area contributed by atoms with Crippen molar-refractivity contribution in [1.29, 1.82) is 0 Å². The van der Waals surface area contributed by atoms with Gasteiger partial charge in [-0.05, 0) is 48.1 Å². The maximum absolute atomic E-state index is 4.41. The molecular weight excluding hydrogens is 220 g/mol. The lowest BCUT2D eigenvalue weighted by molar-refractivity contribution is 0.107. The van der Waals surface area contributed by atoms with Crippen molar-refractivity contribution in [2.45, 2.75) is 52.6 Å². The van der Waals surface area contributed by atoms with Crippen LogP contribution >= 0.6 is 0 Å². The average molecular weight is 244 g/mol. The number of nitrogens with zero attached hydrogens (tertiary/aromatic N) is 1. The van der Waals surface area contributed by atoms with Crippen LogP contribution in [0, 0.1) is 16.7 Å². The summed E-state index contributed by atoms with van der Waals surface area (Å²) in [4.78, 5) is 4.41. The molecule has 2 heteroatoms. The van der Waals surface area contributed by atoms with E-state index >= 15 is 0 Å². The van der Waals surface area contributed by atoms with Crippen molar-refractivity contribution < 1.29 is 0 Å². The number of fused-ring (bicyclic) bond motifs is 2. The summed E-state index contributed by atoms with van der Waals surface area (Å²) in [6.45, 7) is 8.26. The smallest absolute Gasteiger partial charge is 0.0541 e. The van der Waals surface area contributed by atoms with Gasteiger partial charge in [0.2, 0.25) is 0 Å². The number of pyridine rings is 1. The molecule has 18 heavy (non-hydrogen) atoms. The van der Waals surface area contributed by atoms with Crippen molar-refractivity contribution in [3.8, 4) is 0 Å². The van der Waals surface area contributed by atoms with Crippen molar-refractivity contribution in [3.05, 3.63) is 30.1 Å². The third-order valence-corrected chi connectivity index (χ3v) is 5.48. The van der Waals surface area contributed by atoms with Crippen LogP contribution < -0.4 is 5.32 Å². The van der Waals surface area contributed by atoms with Crippen LogP contribution in [-0.4, -0.2) is 11.0 Å². The Bertz CT molecular complexity index is 421. The van der Waals surface area contributed by atoms with Gasteiger partial charge in [-0.15, -0.1) is 0 Å². The largest absolute Gasteiger partial charge is 0.307 e. The van der Waals surface area contributed by atoms with Gasteiger partial charge in [-0.3, -0.25) is 4.98 Å². The predicted molar refractivity (Wildman–Crippen MR) is 74.1 cm³/mol. The van der Waals surface area contributed by atoms with Gasteiger partial charge in [0.05, 0.1) is 5.69 Å². The fraction of sp³-hybridized carbons (Fsp3) is 0.688. The number of hydrogen-bond donors (Lipinski definition) is 1. The number of rotatable bonds is 3. The molecule has 98 valence electrons. The second-order valence-electron chi connectivity index (χ2n) is 7.05. The first kappa shape index (κ1) is 12.2. The lowest BCUT2D eigenvalue weighted by Gasteiger charge is -2.43. The van der Waals surface area contributed by atoms with Gasteiger partial charge in [0.25, 0.3) is 0 Å². The van der Waals surface area contributed by atoms with Crippen molar-refractivity contribution in [2.24, 2.45) is 16.7 Å². The quantitative estimate of drug-likeness (QED) is 0.881. The van der Waals surface area contributed by atoms with Gasteiger partial charge in [-0.25, -0.2) is 0 Å². The topological polar surface area (TPSA) is 24.9 Å². The molecule has 3 atom stereocenters. The fourth-order valence-corrected chi connectivity index (χ4v) is 4.52. The molecule has 1 heterocycles. The first-order valence-corrected chi connectivity index (χ1v) is 7.16. The first-order chi connectivity index (χ1) is 8.52. The lowest BCUT2D eigenvalue weighted by atomic mass is 9.68. The van der Waals surface area contributed by atoms with E-state index < -0.39 is 0 Å². The second kappa shape index (κ2) is 4.06. The summed E-state index contributed by atoms with van der Waals surface area (Å²) < 4.78 is 0. The third kappa shape index (κ3) is 1.78. The third-order valence-electron chi connectivity index (χ3n) is 5.48. The molecule has 2 bridgehead atoms. The fourth-order valence-electron chi connectivity index (χ4n) is 4.52. The molecule has 2 aliphatic carbocycles. The molecule has 0 spiro atoms. The van der Waals surface area contributed by atoms with E-state index in [1.54, 1.807) is 0 Å². The van der Waals surface area contributed by atoms with Crippen LogP contribution in [0.3, 0.4) is 0 Å².